The number of rotatable bonds is 2. The van der Waals surface area contributed by atoms with Gasteiger partial charge in [-0.25, -0.2) is 4.79 Å². The van der Waals surface area contributed by atoms with Crippen molar-refractivity contribution >= 4 is 23.8 Å². The Morgan fingerprint density at radius 1 is 1.25 bits per heavy atom. The van der Waals surface area contributed by atoms with Crippen LogP contribution in [0.15, 0.2) is 0 Å². The van der Waals surface area contributed by atoms with E-state index in [4.69, 9.17) is 5.11 Å². The Hall–Kier alpha value is -0.910. The van der Waals surface area contributed by atoms with Gasteiger partial charge >= 0.3 is 12.0 Å². The predicted octanol–water partition coefficient (Wildman–Crippen LogP) is 2.26. The van der Waals surface area contributed by atoms with Gasteiger partial charge in [0.05, 0.1) is 12.5 Å². The molecule has 0 bridgehead atoms. The molecule has 0 aromatic rings. The molecule has 2 rings (SSSR count). The van der Waals surface area contributed by atoms with Gasteiger partial charge in [-0.2, -0.15) is 11.8 Å². The standard InChI is InChI=1S/C14H24N2O3S/c1-10-4-3-5-11(2)16(10)14(19)15-6-7-20-9-12(15)8-13(17)18/h10-12H,3-9H2,1-2H3,(H,17,18). The average Bonchev–Trinajstić information content (AvgIpc) is 2.38. The topological polar surface area (TPSA) is 60.9 Å². The van der Waals surface area contributed by atoms with Gasteiger partial charge in [0.1, 0.15) is 0 Å². The van der Waals surface area contributed by atoms with Crippen LogP contribution in [0.2, 0.25) is 0 Å². The minimum absolute atomic E-state index is 0.0382. The van der Waals surface area contributed by atoms with Crippen molar-refractivity contribution in [1.82, 2.24) is 9.80 Å². The maximum absolute atomic E-state index is 12.8. The lowest BCUT2D eigenvalue weighted by molar-refractivity contribution is -0.138. The first kappa shape index (κ1) is 15.5. The lowest BCUT2D eigenvalue weighted by Crippen LogP contribution is -2.57. The number of likely N-dealkylation sites (tertiary alicyclic amines) is 1. The number of nitrogens with zero attached hydrogens (tertiary/aromatic N) is 2. The number of carboxylic acid groups (broad SMARTS) is 1. The van der Waals surface area contributed by atoms with Crippen molar-refractivity contribution in [2.75, 3.05) is 18.1 Å². The van der Waals surface area contributed by atoms with Crippen LogP contribution in [0, 0.1) is 0 Å². The fourth-order valence-corrected chi connectivity index (χ4v) is 4.29. The monoisotopic (exact) mass is 300 g/mol. The van der Waals surface area contributed by atoms with Crippen LogP contribution in [0.4, 0.5) is 4.79 Å². The van der Waals surface area contributed by atoms with E-state index in [-0.39, 0.29) is 30.6 Å². The number of urea groups is 1. The van der Waals surface area contributed by atoms with Crippen molar-refractivity contribution in [3.05, 3.63) is 0 Å². The number of hydrogen-bond donors (Lipinski definition) is 1. The van der Waals surface area contributed by atoms with Gasteiger partial charge in [0, 0.05) is 30.1 Å². The molecule has 2 heterocycles. The normalized spacial score (nSPS) is 31.2. The van der Waals surface area contributed by atoms with Gasteiger partial charge in [-0.1, -0.05) is 0 Å². The van der Waals surface area contributed by atoms with Crippen LogP contribution in [0.25, 0.3) is 0 Å². The third kappa shape index (κ3) is 3.40. The van der Waals surface area contributed by atoms with Gasteiger partial charge in [0.2, 0.25) is 0 Å². The van der Waals surface area contributed by atoms with Crippen LogP contribution in [-0.2, 0) is 4.79 Å². The summed E-state index contributed by atoms with van der Waals surface area (Å²) in [7, 11) is 0. The van der Waals surface area contributed by atoms with Gasteiger partial charge in [-0.3, -0.25) is 4.79 Å². The second-order valence-electron chi connectivity index (χ2n) is 5.84. The highest BCUT2D eigenvalue weighted by Gasteiger charge is 2.36. The second kappa shape index (κ2) is 6.70. The van der Waals surface area contributed by atoms with E-state index in [0.29, 0.717) is 6.54 Å². The zero-order valence-electron chi connectivity index (χ0n) is 12.2. The summed E-state index contributed by atoms with van der Waals surface area (Å²) in [6.07, 6.45) is 3.31. The molecule has 6 heteroatoms. The number of carboxylic acids is 1. The summed E-state index contributed by atoms with van der Waals surface area (Å²) in [4.78, 5) is 27.6. The smallest absolute Gasteiger partial charge is 0.320 e. The Labute approximate surface area is 124 Å². The largest absolute Gasteiger partial charge is 0.481 e. The first-order valence-corrected chi connectivity index (χ1v) is 8.54. The minimum atomic E-state index is -0.824. The summed E-state index contributed by atoms with van der Waals surface area (Å²) in [5.74, 6) is 0.808. The molecule has 0 aromatic heterocycles. The van der Waals surface area contributed by atoms with E-state index in [0.717, 1.165) is 24.3 Å². The molecule has 114 valence electrons. The van der Waals surface area contributed by atoms with Gasteiger partial charge < -0.3 is 14.9 Å². The summed E-state index contributed by atoms with van der Waals surface area (Å²) in [5, 5.41) is 9.02. The summed E-state index contributed by atoms with van der Waals surface area (Å²) in [6.45, 7) is 4.86. The molecule has 2 amide bonds. The van der Waals surface area contributed by atoms with Crippen LogP contribution in [0.3, 0.4) is 0 Å². The van der Waals surface area contributed by atoms with Crippen molar-refractivity contribution in [2.45, 2.75) is 57.7 Å². The number of aliphatic carboxylic acids is 1. The summed E-state index contributed by atoms with van der Waals surface area (Å²) in [5.41, 5.74) is 0. The van der Waals surface area contributed by atoms with E-state index in [1.165, 1.54) is 6.42 Å². The van der Waals surface area contributed by atoms with Gasteiger partial charge in [0.25, 0.3) is 0 Å². The van der Waals surface area contributed by atoms with E-state index in [9.17, 15) is 9.59 Å². The third-order valence-electron chi connectivity index (χ3n) is 4.30. The molecule has 20 heavy (non-hydrogen) atoms. The van der Waals surface area contributed by atoms with Gasteiger partial charge in [-0.15, -0.1) is 0 Å². The second-order valence-corrected chi connectivity index (χ2v) is 6.99. The molecule has 0 spiro atoms. The summed E-state index contributed by atoms with van der Waals surface area (Å²) >= 11 is 1.74. The van der Waals surface area contributed by atoms with Gasteiger partial charge in [-0.05, 0) is 33.1 Å². The van der Waals surface area contributed by atoms with Crippen LogP contribution in [0.5, 0.6) is 0 Å². The first-order valence-electron chi connectivity index (χ1n) is 7.39. The highest BCUT2D eigenvalue weighted by atomic mass is 32.2. The molecule has 2 aliphatic heterocycles. The molecule has 0 saturated carbocycles. The fourth-order valence-electron chi connectivity index (χ4n) is 3.22. The molecule has 0 radical (unpaired) electrons. The molecule has 2 aliphatic rings. The molecule has 2 saturated heterocycles. The van der Waals surface area contributed by atoms with Crippen LogP contribution < -0.4 is 0 Å². The van der Waals surface area contributed by atoms with Crippen LogP contribution in [-0.4, -0.2) is 63.1 Å². The number of hydrogen-bond acceptors (Lipinski definition) is 3. The Morgan fingerprint density at radius 3 is 2.50 bits per heavy atom. The van der Waals surface area contributed by atoms with Crippen molar-refractivity contribution in [1.29, 1.82) is 0 Å². The molecule has 3 unspecified atom stereocenters. The Bertz CT molecular complexity index is 367. The SMILES string of the molecule is CC1CCCC(C)N1C(=O)N1CCSCC1CC(=O)O. The van der Waals surface area contributed by atoms with E-state index in [1.54, 1.807) is 16.7 Å². The summed E-state index contributed by atoms with van der Waals surface area (Å²) < 4.78 is 0. The number of thioether (sulfide) groups is 1. The molecule has 5 nitrogen and oxygen atoms in total. The maximum Gasteiger partial charge on any atom is 0.320 e. The number of amides is 2. The summed E-state index contributed by atoms with van der Waals surface area (Å²) in [6, 6.07) is 0.383. The maximum atomic E-state index is 12.8. The molecule has 1 N–H and O–H groups in total. The van der Waals surface area contributed by atoms with Crippen molar-refractivity contribution in [3.8, 4) is 0 Å². The molecular weight excluding hydrogens is 276 g/mol. The van der Waals surface area contributed by atoms with Crippen molar-refractivity contribution in [2.24, 2.45) is 0 Å². The number of carbonyl (C=O) groups is 2. The number of carbonyl (C=O) groups excluding carboxylic acids is 1. The average molecular weight is 300 g/mol. The van der Waals surface area contributed by atoms with E-state index >= 15 is 0 Å². The Kier molecular flexibility index (Phi) is 5.18. The van der Waals surface area contributed by atoms with E-state index in [1.807, 2.05) is 4.90 Å². The zero-order chi connectivity index (χ0) is 14.7. The highest BCUT2D eigenvalue weighted by molar-refractivity contribution is 7.99. The quantitative estimate of drug-likeness (QED) is 0.850. The fraction of sp³-hybridized carbons (Fsp3) is 0.857. The van der Waals surface area contributed by atoms with Crippen LogP contribution in [0.1, 0.15) is 39.5 Å². The van der Waals surface area contributed by atoms with Crippen molar-refractivity contribution in [3.63, 3.8) is 0 Å². The Morgan fingerprint density at radius 2 is 1.90 bits per heavy atom. The van der Waals surface area contributed by atoms with E-state index < -0.39 is 5.97 Å². The number of piperidine rings is 1. The minimum Gasteiger partial charge on any atom is -0.481 e. The van der Waals surface area contributed by atoms with Crippen LogP contribution >= 0.6 is 11.8 Å². The lowest BCUT2D eigenvalue weighted by atomic mass is 9.98. The molecule has 3 atom stereocenters. The zero-order valence-corrected chi connectivity index (χ0v) is 13.1. The first-order chi connectivity index (χ1) is 9.50. The Balaban J connectivity index is 2.10. The van der Waals surface area contributed by atoms with Crippen molar-refractivity contribution < 1.29 is 14.7 Å². The molecule has 2 fully saturated rings. The lowest BCUT2D eigenvalue weighted by Gasteiger charge is -2.44. The van der Waals surface area contributed by atoms with Gasteiger partial charge in [0.15, 0.2) is 0 Å². The third-order valence-corrected chi connectivity index (χ3v) is 5.39. The van der Waals surface area contributed by atoms with E-state index in [2.05, 4.69) is 13.8 Å². The molecular formula is C14H24N2O3S. The highest BCUT2D eigenvalue weighted by Crippen LogP contribution is 2.27. The molecule has 0 aromatic carbocycles. The predicted molar refractivity (Wildman–Crippen MR) is 80.1 cm³/mol. The molecule has 0 aliphatic carbocycles.